The molecule has 0 saturated carbocycles. The van der Waals surface area contributed by atoms with Crippen molar-refractivity contribution in [2.45, 2.75) is 45.7 Å². The van der Waals surface area contributed by atoms with Crippen LogP contribution in [0.3, 0.4) is 0 Å². The van der Waals surface area contributed by atoms with Gasteiger partial charge in [0.1, 0.15) is 0 Å². The first-order valence-electron chi connectivity index (χ1n) is 8.80. The first kappa shape index (κ1) is 18.0. The number of guanidine groups is 1. The smallest absolute Gasteiger partial charge is 0.191 e. The highest BCUT2D eigenvalue weighted by atomic mass is 15.2. The van der Waals surface area contributed by atoms with Gasteiger partial charge in [0, 0.05) is 39.1 Å². The Bertz CT molecular complexity index is 587. The third-order valence-corrected chi connectivity index (χ3v) is 3.95. The second-order valence-corrected chi connectivity index (χ2v) is 5.96. The van der Waals surface area contributed by atoms with E-state index in [4.69, 9.17) is 0 Å². The van der Waals surface area contributed by atoms with Gasteiger partial charge in [0.2, 0.25) is 0 Å². The predicted octanol–water partition coefficient (Wildman–Crippen LogP) is 3.18. The fourth-order valence-corrected chi connectivity index (χ4v) is 2.52. The van der Waals surface area contributed by atoms with Gasteiger partial charge in [-0.15, -0.1) is 0 Å². The molecule has 0 radical (unpaired) electrons. The summed E-state index contributed by atoms with van der Waals surface area (Å²) in [5.41, 5.74) is 2.52. The zero-order valence-corrected chi connectivity index (χ0v) is 14.8. The van der Waals surface area contributed by atoms with Gasteiger partial charge in [-0.05, 0) is 17.5 Å². The summed E-state index contributed by atoms with van der Waals surface area (Å²) in [5.74, 6) is 0.869. The van der Waals surface area contributed by atoms with Crippen LogP contribution in [-0.4, -0.2) is 29.1 Å². The van der Waals surface area contributed by atoms with Gasteiger partial charge in [-0.3, -0.25) is 4.99 Å². The summed E-state index contributed by atoms with van der Waals surface area (Å²) in [5, 5.41) is 6.73. The Labute approximate surface area is 145 Å². The summed E-state index contributed by atoms with van der Waals surface area (Å²) < 4.78 is 2.07. The number of hydrogen-bond donors (Lipinski definition) is 2. The maximum Gasteiger partial charge on any atom is 0.191 e. The molecule has 24 heavy (non-hydrogen) atoms. The van der Waals surface area contributed by atoms with Crippen LogP contribution in [-0.2, 0) is 13.1 Å². The van der Waals surface area contributed by atoms with Crippen LogP contribution >= 0.6 is 0 Å². The van der Waals surface area contributed by atoms with E-state index in [0.717, 1.165) is 25.6 Å². The molecule has 5 heteroatoms. The molecule has 130 valence electrons. The molecule has 0 bridgehead atoms. The molecule has 1 aromatic carbocycles. The summed E-state index contributed by atoms with van der Waals surface area (Å²) in [6, 6.07) is 8.65. The number of hydrogen-bond acceptors (Lipinski definition) is 2. The molecule has 1 heterocycles. The van der Waals surface area contributed by atoms with E-state index in [1.807, 2.05) is 19.6 Å². The van der Waals surface area contributed by atoms with E-state index in [2.05, 4.69) is 56.4 Å². The van der Waals surface area contributed by atoms with Crippen LogP contribution in [0.15, 0.2) is 48.0 Å². The first-order chi connectivity index (χ1) is 11.8. The van der Waals surface area contributed by atoms with Crippen molar-refractivity contribution in [1.82, 2.24) is 20.2 Å². The highest BCUT2D eigenvalue weighted by Crippen LogP contribution is 2.06. The summed E-state index contributed by atoms with van der Waals surface area (Å²) >= 11 is 0. The minimum absolute atomic E-state index is 0.778. The Kier molecular flexibility index (Phi) is 7.87. The Morgan fingerprint density at radius 2 is 1.88 bits per heavy atom. The van der Waals surface area contributed by atoms with Gasteiger partial charge in [0.25, 0.3) is 0 Å². The lowest BCUT2D eigenvalue weighted by molar-refractivity contribution is 0.647. The molecule has 0 aliphatic heterocycles. The monoisotopic (exact) mass is 327 g/mol. The summed E-state index contributed by atoms with van der Waals surface area (Å²) in [6.07, 6.45) is 10.7. The maximum absolute atomic E-state index is 4.27. The second kappa shape index (κ2) is 10.5. The van der Waals surface area contributed by atoms with Crippen molar-refractivity contribution in [2.75, 3.05) is 13.6 Å². The van der Waals surface area contributed by atoms with Crippen LogP contribution in [0.2, 0.25) is 0 Å². The fourth-order valence-electron chi connectivity index (χ4n) is 2.52. The molecule has 2 N–H and O–H groups in total. The number of nitrogens with zero attached hydrogens (tertiary/aromatic N) is 3. The van der Waals surface area contributed by atoms with Gasteiger partial charge >= 0.3 is 0 Å². The van der Waals surface area contributed by atoms with E-state index < -0.39 is 0 Å². The number of rotatable bonds is 9. The number of imidazole rings is 1. The zero-order valence-electron chi connectivity index (χ0n) is 14.8. The number of nitrogens with one attached hydrogen (secondary N) is 2. The summed E-state index contributed by atoms with van der Waals surface area (Å²) in [4.78, 5) is 8.34. The molecule has 2 aromatic rings. The van der Waals surface area contributed by atoms with Crippen LogP contribution in [0.4, 0.5) is 0 Å². The number of aromatic nitrogens is 2. The van der Waals surface area contributed by atoms with Gasteiger partial charge in [-0.25, -0.2) is 4.98 Å². The Hall–Kier alpha value is -2.30. The predicted molar refractivity (Wildman–Crippen MR) is 100 cm³/mol. The highest BCUT2D eigenvalue weighted by Gasteiger charge is 1.99. The first-order valence-corrected chi connectivity index (χ1v) is 8.80. The van der Waals surface area contributed by atoms with E-state index in [1.165, 1.54) is 36.8 Å². The molecule has 0 unspecified atom stereocenters. The van der Waals surface area contributed by atoms with Crippen LogP contribution in [0.25, 0.3) is 0 Å². The van der Waals surface area contributed by atoms with Gasteiger partial charge < -0.3 is 15.2 Å². The van der Waals surface area contributed by atoms with E-state index in [0.29, 0.717) is 0 Å². The molecule has 0 aliphatic carbocycles. The largest absolute Gasteiger partial charge is 0.356 e. The molecule has 5 nitrogen and oxygen atoms in total. The lowest BCUT2D eigenvalue weighted by atomic mass is 10.1. The third-order valence-electron chi connectivity index (χ3n) is 3.95. The van der Waals surface area contributed by atoms with Gasteiger partial charge in [0.15, 0.2) is 5.96 Å². The van der Waals surface area contributed by atoms with E-state index in [1.54, 1.807) is 6.20 Å². The molecule has 0 aliphatic rings. The fraction of sp³-hybridized carbons (Fsp3) is 0.474. The normalized spacial score (nSPS) is 11.5. The Balaban J connectivity index is 1.72. The van der Waals surface area contributed by atoms with Crippen LogP contribution in [0.1, 0.15) is 43.7 Å². The topological polar surface area (TPSA) is 54.2 Å². The minimum Gasteiger partial charge on any atom is -0.356 e. The van der Waals surface area contributed by atoms with Crippen molar-refractivity contribution in [2.24, 2.45) is 4.99 Å². The Morgan fingerprint density at radius 1 is 1.08 bits per heavy atom. The van der Waals surface area contributed by atoms with E-state index in [-0.39, 0.29) is 0 Å². The quantitative estimate of drug-likeness (QED) is 0.422. The average Bonchev–Trinajstić information content (AvgIpc) is 3.12. The molecular formula is C19H29N5. The van der Waals surface area contributed by atoms with E-state index in [9.17, 15) is 0 Å². The number of aliphatic imine (C=N–C) groups is 1. The van der Waals surface area contributed by atoms with Crippen molar-refractivity contribution in [3.05, 3.63) is 54.1 Å². The lowest BCUT2D eigenvalue weighted by Gasteiger charge is -2.12. The standard InChI is InChI=1S/C19H29N5/c1-3-4-5-6-11-22-19(20-2)23-14-17-7-9-18(10-8-17)15-24-13-12-21-16-24/h7-10,12-13,16H,3-6,11,14-15H2,1-2H3,(H2,20,22,23). The molecule has 0 fully saturated rings. The molecule has 0 saturated heterocycles. The van der Waals surface area contributed by atoms with Crippen LogP contribution in [0.5, 0.6) is 0 Å². The van der Waals surface area contributed by atoms with Gasteiger partial charge in [-0.2, -0.15) is 0 Å². The molecule has 0 spiro atoms. The number of unbranched alkanes of at least 4 members (excludes halogenated alkanes) is 3. The second-order valence-electron chi connectivity index (χ2n) is 5.96. The van der Waals surface area contributed by atoms with Gasteiger partial charge in [0.05, 0.1) is 6.33 Å². The molecule has 0 atom stereocenters. The highest BCUT2D eigenvalue weighted by molar-refractivity contribution is 5.79. The van der Waals surface area contributed by atoms with Crippen molar-refractivity contribution in [3.8, 4) is 0 Å². The molecular weight excluding hydrogens is 298 g/mol. The van der Waals surface area contributed by atoms with E-state index >= 15 is 0 Å². The van der Waals surface area contributed by atoms with Crippen molar-refractivity contribution in [1.29, 1.82) is 0 Å². The van der Waals surface area contributed by atoms with Crippen molar-refractivity contribution < 1.29 is 0 Å². The lowest BCUT2D eigenvalue weighted by Crippen LogP contribution is -2.37. The van der Waals surface area contributed by atoms with Crippen molar-refractivity contribution in [3.63, 3.8) is 0 Å². The third kappa shape index (κ3) is 6.44. The molecule has 2 rings (SSSR count). The zero-order chi connectivity index (χ0) is 17.0. The summed E-state index contributed by atoms with van der Waals surface area (Å²) in [6.45, 7) is 4.84. The molecule has 1 aromatic heterocycles. The maximum atomic E-state index is 4.27. The SMILES string of the molecule is CCCCCCNC(=NC)NCc1ccc(Cn2ccnc2)cc1. The summed E-state index contributed by atoms with van der Waals surface area (Å²) in [7, 11) is 1.82. The van der Waals surface area contributed by atoms with Crippen LogP contribution in [0, 0.1) is 0 Å². The minimum atomic E-state index is 0.778. The van der Waals surface area contributed by atoms with Crippen LogP contribution < -0.4 is 10.6 Å². The van der Waals surface area contributed by atoms with Gasteiger partial charge in [-0.1, -0.05) is 50.5 Å². The Morgan fingerprint density at radius 3 is 2.54 bits per heavy atom. The number of benzene rings is 1. The molecule has 0 amide bonds. The van der Waals surface area contributed by atoms with Crippen molar-refractivity contribution >= 4 is 5.96 Å². The average molecular weight is 327 g/mol.